The number of benzene rings is 1. The number of amides is 1. The molecular formula is C22H18BrClN8O. The molecule has 0 spiro atoms. The number of carbonyl (C=O) groups is 1. The van der Waals surface area contributed by atoms with Gasteiger partial charge in [-0.3, -0.25) is 14.2 Å². The minimum atomic E-state index is -0.351. The highest BCUT2D eigenvalue weighted by atomic mass is 79.9. The maximum atomic E-state index is 12.9. The summed E-state index contributed by atoms with van der Waals surface area (Å²) in [6.07, 6.45) is 6.94. The van der Waals surface area contributed by atoms with Crippen molar-refractivity contribution >= 4 is 44.8 Å². The van der Waals surface area contributed by atoms with Gasteiger partial charge >= 0.3 is 0 Å². The van der Waals surface area contributed by atoms with Gasteiger partial charge in [0, 0.05) is 36.2 Å². The molecule has 1 amide bonds. The first-order valence-electron chi connectivity index (χ1n) is 10.2. The number of anilines is 1. The summed E-state index contributed by atoms with van der Waals surface area (Å²) in [7, 11) is 0. The van der Waals surface area contributed by atoms with Crippen LogP contribution in [0.15, 0.2) is 65.7 Å². The van der Waals surface area contributed by atoms with Crippen LogP contribution in [0.25, 0.3) is 17.0 Å². The molecule has 0 aliphatic rings. The van der Waals surface area contributed by atoms with Crippen molar-refractivity contribution in [2.24, 2.45) is 0 Å². The van der Waals surface area contributed by atoms with Gasteiger partial charge in [-0.25, -0.2) is 9.50 Å². The summed E-state index contributed by atoms with van der Waals surface area (Å²) < 4.78 is 6.02. The smallest absolute Gasteiger partial charge is 0.276 e. The van der Waals surface area contributed by atoms with E-state index in [4.69, 9.17) is 11.6 Å². The van der Waals surface area contributed by atoms with E-state index in [0.29, 0.717) is 22.9 Å². The van der Waals surface area contributed by atoms with Crippen molar-refractivity contribution in [3.05, 3.63) is 81.9 Å². The third-order valence-corrected chi connectivity index (χ3v) is 5.86. The highest BCUT2D eigenvalue weighted by molar-refractivity contribution is 9.10. The maximum Gasteiger partial charge on any atom is 0.276 e. The number of aryl methyl sites for hydroxylation is 1. The van der Waals surface area contributed by atoms with E-state index < -0.39 is 0 Å². The molecule has 11 heteroatoms. The van der Waals surface area contributed by atoms with Crippen molar-refractivity contribution in [3.63, 3.8) is 0 Å². The standard InChI is InChI=1S/C22H18BrClN8O/c1-2-30-13-17(23)21(29-30)19-7-8-25-20-9-18(28-32(19)20)22(33)27-16-10-26-31(12-16)11-14-3-5-15(24)6-4-14/h3-10,12-13H,2,11H2,1H3,(H,27,33). The number of aromatic nitrogens is 7. The molecular weight excluding hydrogens is 508 g/mol. The van der Waals surface area contributed by atoms with Crippen molar-refractivity contribution in [2.45, 2.75) is 20.0 Å². The Morgan fingerprint density at radius 2 is 1.94 bits per heavy atom. The van der Waals surface area contributed by atoms with Crippen LogP contribution < -0.4 is 5.32 Å². The largest absolute Gasteiger partial charge is 0.318 e. The summed E-state index contributed by atoms with van der Waals surface area (Å²) in [5.41, 5.74) is 3.87. The van der Waals surface area contributed by atoms with Gasteiger partial charge in [-0.2, -0.15) is 15.3 Å². The van der Waals surface area contributed by atoms with Crippen LogP contribution in [0.5, 0.6) is 0 Å². The van der Waals surface area contributed by atoms with Crippen molar-refractivity contribution < 1.29 is 4.79 Å². The molecule has 0 fully saturated rings. The van der Waals surface area contributed by atoms with Gasteiger partial charge in [-0.05, 0) is 46.6 Å². The van der Waals surface area contributed by atoms with Gasteiger partial charge < -0.3 is 5.32 Å². The molecule has 0 unspecified atom stereocenters. The lowest BCUT2D eigenvalue weighted by molar-refractivity contribution is 0.102. The van der Waals surface area contributed by atoms with Crippen LogP contribution in [-0.4, -0.2) is 40.1 Å². The van der Waals surface area contributed by atoms with Gasteiger partial charge in [-0.1, -0.05) is 23.7 Å². The Morgan fingerprint density at radius 1 is 1.12 bits per heavy atom. The molecule has 166 valence electrons. The van der Waals surface area contributed by atoms with Gasteiger partial charge in [0.25, 0.3) is 5.91 Å². The Morgan fingerprint density at radius 3 is 2.70 bits per heavy atom. The highest BCUT2D eigenvalue weighted by Crippen LogP contribution is 2.27. The van der Waals surface area contributed by atoms with E-state index in [1.165, 1.54) is 0 Å². The molecule has 5 aromatic rings. The van der Waals surface area contributed by atoms with Crippen LogP contribution >= 0.6 is 27.5 Å². The van der Waals surface area contributed by atoms with Crippen LogP contribution in [0.4, 0.5) is 5.69 Å². The zero-order valence-electron chi connectivity index (χ0n) is 17.5. The molecule has 0 saturated heterocycles. The van der Waals surface area contributed by atoms with Crippen molar-refractivity contribution in [2.75, 3.05) is 5.32 Å². The number of hydrogen-bond donors (Lipinski definition) is 1. The van der Waals surface area contributed by atoms with Crippen LogP contribution in [0, 0.1) is 0 Å². The molecule has 9 nitrogen and oxygen atoms in total. The van der Waals surface area contributed by atoms with E-state index in [9.17, 15) is 4.79 Å². The van der Waals surface area contributed by atoms with Gasteiger partial charge in [0.2, 0.25) is 0 Å². The summed E-state index contributed by atoms with van der Waals surface area (Å²) in [5, 5.41) is 16.9. The van der Waals surface area contributed by atoms with E-state index >= 15 is 0 Å². The van der Waals surface area contributed by atoms with Crippen molar-refractivity contribution in [3.8, 4) is 11.4 Å². The number of hydrogen-bond acceptors (Lipinski definition) is 5. The monoisotopic (exact) mass is 524 g/mol. The number of halogens is 2. The average molecular weight is 526 g/mol. The molecule has 0 aliphatic carbocycles. The van der Waals surface area contributed by atoms with E-state index in [1.807, 2.05) is 48.1 Å². The molecule has 4 heterocycles. The first kappa shape index (κ1) is 21.4. The molecule has 0 saturated carbocycles. The van der Waals surface area contributed by atoms with E-state index in [1.54, 1.807) is 33.9 Å². The number of carbonyl (C=O) groups excluding carboxylic acids is 1. The molecule has 0 bridgehead atoms. The fourth-order valence-electron chi connectivity index (χ4n) is 3.40. The molecule has 1 aromatic carbocycles. The predicted molar refractivity (Wildman–Crippen MR) is 128 cm³/mol. The minimum Gasteiger partial charge on any atom is -0.318 e. The van der Waals surface area contributed by atoms with Crippen LogP contribution in [0.1, 0.15) is 23.0 Å². The quantitative estimate of drug-likeness (QED) is 0.352. The van der Waals surface area contributed by atoms with Gasteiger partial charge in [0.1, 0.15) is 5.69 Å². The second kappa shape index (κ2) is 8.80. The lowest BCUT2D eigenvalue weighted by atomic mass is 10.2. The molecule has 5 rings (SSSR count). The molecule has 4 aromatic heterocycles. The number of fused-ring (bicyclic) bond motifs is 1. The molecule has 0 radical (unpaired) electrons. The van der Waals surface area contributed by atoms with Gasteiger partial charge in [0.05, 0.1) is 28.6 Å². The minimum absolute atomic E-state index is 0.242. The predicted octanol–water partition coefficient (Wildman–Crippen LogP) is 4.53. The van der Waals surface area contributed by atoms with Crippen LogP contribution in [0.3, 0.4) is 0 Å². The van der Waals surface area contributed by atoms with Gasteiger partial charge in [0.15, 0.2) is 11.3 Å². The number of nitrogens with one attached hydrogen (secondary N) is 1. The summed E-state index contributed by atoms with van der Waals surface area (Å²) in [4.78, 5) is 17.2. The third kappa shape index (κ3) is 4.39. The lowest BCUT2D eigenvalue weighted by Crippen LogP contribution is -2.12. The first-order chi connectivity index (χ1) is 16.0. The van der Waals surface area contributed by atoms with Crippen LogP contribution in [-0.2, 0) is 13.1 Å². The normalized spacial score (nSPS) is 11.2. The average Bonchev–Trinajstić information content (AvgIpc) is 3.53. The molecule has 1 N–H and O–H groups in total. The second-order valence-electron chi connectivity index (χ2n) is 7.32. The Hall–Kier alpha value is -3.50. The third-order valence-electron chi connectivity index (χ3n) is 5.02. The lowest BCUT2D eigenvalue weighted by Gasteiger charge is -2.02. The van der Waals surface area contributed by atoms with E-state index in [-0.39, 0.29) is 11.6 Å². The maximum absolute atomic E-state index is 12.9. The van der Waals surface area contributed by atoms with Crippen LogP contribution in [0.2, 0.25) is 5.02 Å². The Bertz CT molecular complexity index is 1450. The van der Waals surface area contributed by atoms with Crippen molar-refractivity contribution in [1.82, 2.24) is 34.2 Å². The Balaban J connectivity index is 1.36. The molecule has 33 heavy (non-hydrogen) atoms. The molecule has 0 atom stereocenters. The van der Waals surface area contributed by atoms with Crippen molar-refractivity contribution in [1.29, 1.82) is 0 Å². The number of nitrogens with zero attached hydrogens (tertiary/aromatic N) is 7. The fraction of sp³-hybridized carbons (Fsp3) is 0.136. The summed E-state index contributed by atoms with van der Waals surface area (Å²) in [5.74, 6) is -0.351. The SMILES string of the molecule is CCn1cc(Br)c(-c2ccnc3cc(C(=O)Nc4cnn(Cc5ccc(Cl)cc5)c4)nn23)n1. The Labute approximate surface area is 202 Å². The fourth-order valence-corrected chi connectivity index (χ4v) is 4.05. The number of rotatable bonds is 6. The first-order valence-corrected chi connectivity index (χ1v) is 11.3. The molecule has 0 aliphatic heterocycles. The zero-order valence-corrected chi connectivity index (χ0v) is 19.8. The summed E-state index contributed by atoms with van der Waals surface area (Å²) in [6.45, 7) is 3.32. The van der Waals surface area contributed by atoms with E-state index in [2.05, 4.69) is 41.5 Å². The second-order valence-corrected chi connectivity index (χ2v) is 8.61. The topological polar surface area (TPSA) is 94.9 Å². The zero-order chi connectivity index (χ0) is 22.9. The summed E-state index contributed by atoms with van der Waals surface area (Å²) in [6, 6.07) is 11.0. The summed E-state index contributed by atoms with van der Waals surface area (Å²) >= 11 is 9.48. The van der Waals surface area contributed by atoms with Gasteiger partial charge in [-0.15, -0.1) is 0 Å². The van der Waals surface area contributed by atoms with E-state index in [0.717, 1.165) is 28.0 Å². The highest BCUT2D eigenvalue weighted by Gasteiger charge is 2.18. The Kier molecular flexibility index (Phi) is 5.69.